The molecule has 0 bridgehead atoms. The maximum atomic E-state index is 10.1. The number of para-hydroxylation sites is 1. The largest absolute Gasteiger partial charge is 0.385 e. The van der Waals surface area contributed by atoms with Crippen molar-refractivity contribution in [3.63, 3.8) is 0 Å². The van der Waals surface area contributed by atoms with Gasteiger partial charge in [0.15, 0.2) is 0 Å². The van der Waals surface area contributed by atoms with Gasteiger partial charge < -0.3 is 9.67 Å². The summed E-state index contributed by atoms with van der Waals surface area (Å²) in [5.41, 5.74) is 1.43. The predicted octanol–water partition coefficient (Wildman–Crippen LogP) is 1.85. The molecule has 1 aliphatic carbocycles. The van der Waals surface area contributed by atoms with Crippen molar-refractivity contribution in [1.82, 2.24) is 9.55 Å². The molecule has 3 nitrogen and oxygen atoms in total. The minimum atomic E-state index is -0.596. The summed E-state index contributed by atoms with van der Waals surface area (Å²) in [7, 11) is 0. The number of rotatable bonds is 2. The summed E-state index contributed by atoms with van der Waals surface area (Å²) in [4.78, 5) is 4.02. The second kappa shape index (κ2) is 2.94. The van der Waals surface area contributed by atoms with Gasteiger partial charge in [-0.25, -0.2) is 4.98 Å². The fraction of sp³-hybridized carbons (Fsp3) is 0.250. The summed E-state index contributed by atoms with van der Waals surface area (Å²) in [6, 6.07) is 7.94. The molecule has 1 aromatic carbocycles. The van der Waals surface area contributed by atoms with Crippen LogP contribution in [0.1, 0.15) is 18.4 Å². The topological polar surface area (TPSA) is 38.0 Å². The molecule has 2 aromatic rings. The van der Waals surface area contributed by atoms with Gasteiger partial charge in [0.05, 0.1) is 17.6 Å². The Kier molecular flexibility index (Phi) is 1.70. The van der Waals surface area contributed by atoms with Gasteiger partial charge in [0.1, 0.15) is 0 Å². The number of nitrogens with zero attached hydrogens (tertiary/aromatic N) is 2. The third-order valence-electron chi connectivity index (χ3n) is 2.91. The molecule has 1 aromatic heterocycles. The third kappa shape index (κ3) is 1.36. The average Bonchev–Trinajstić information content (AvgIpc) is 2.84. The van der Waals surface area contributed by atoms with Crippen LogP contribution in [0.5, 0.6) is 0 Å². The summed E-state index contributed by atoms with van der Waals surface area (Å²) in [5.74, 6) is 0. The van der Waals surface area contributed by atoms with Gasteiger partial charge in [-0.15, -0.1) is 0 Å². The predicted molar refractivity (Wildman–Crippen MR) is 56.7 cm³/mol. The lowest BCUT2D eigenvalue weighted by Gasteiger charge is -2.14. The SMILES string of the molecule is OC1(c2ccccc2-n2ccnc2)CC1. The monoisotopic (exact) mass is 200 g/mol. The molecule has 3 rings (SSSR count). The number of imidazole rings is 1. The summed E-state index contributed by atoms with van der Waals surface area (Å²) in [6.45, 7) is 0. The second-order valence-electron chi connectivity index (χ2n) is 4.02. The van der Waals surface area contributed by atoms with Crippen molar-refractivity contribution in [3.8, 4) is 5.69 Å². The highest BCUT2D eigenvalue weighted by atomic mass is 16.3. The van der Waals surface area contributed by atoms with Crippen LogP contribution in [0, 0.1) is 0 Å². The van der Waals surface area contributed by atoms with E-state index in [-0.39, 0.29) is 0 Å². The molecular weight excluding hydrogens is 188 g/mol. The molecule has 0 spiro atoms. The number of aliphatic hydroxyl groups is 1. The molecule has 0 aliphatic heterocycles. The van der Waals surface area contributed by atoms with Gasteiger partial charge in [-0.3, -0.25) is 0 Å². The highest BCUT2D eigenvalue weighted by Crippen LogP contribution is 2.47. The molecule has 1 aliphatic rings. The lowest BCUT2D eigenvalue weighted by molar-refractivity contribution is 0.151. The summed E-state index contributed by atoms with van der Waals surface area (Å²) < 4.78 is 1.94. The third-order valence-corrected chi connectivity index (χ3v) is 2.91. The van der Waals surface area contributed by atoms with Gasteiger partial charge in [-0.1, -0.05) is 18.2 Å². The Balaban J connectivity index is 2.15. The van der Waals surface area contributed by atoms with Crippen LogP contribution < -0.4 is 0 Å². The molecule has 76 valence electrons. The van der Waals surface area contributed by atoms with Crippen LogP contribution >= 0.6 is 0 Å². The van der Waals surface area contributed by atoms with Crippen molar-refractivity contribution < 1.29 is 5.11 Å². The van der Waals surface area contributed by atoms with E-state index < -0.39 is 5.60 Å². The Bertz CT molecular complexity index is 472. The Morgan fingerprint density at radius 1 is 1.27 bits per heavy atom. The first-order valence-corrected chi connectivity index (χ1v) is 5.10. The van der Waals surface area contributed by atoms with Crippen molar-refractivity contribution in [1.29, 1.82) is 0 Å². The van der Waals surface area contributed by atoms with Crippen molar-refractivity contribution in [3.05, 3.63) is 48.5 Å². The van der Waals surface area contributed by atoms with Crippen LogP contribution in [-0.4, -0.2) is 14.7 Å². The summed E-state index contributed by atoms with van der Waals surface area (Å²) in [6.07, 6.45) is 7.11. The van der Waals surface area contributed by atoms with Crippen molar-refractivity contribution in [2.75, 3.05) is 0 Å². The number of aromatic nitrogens is 2. The molecule has 1 N–H and O–H groups in total. The zero-order valence-electron chi connectivity index (χ0n) is 8.30. The second-order valence-corrected chi connectivity index (χ2v) is 4.02. The highest BCUT2D eigenvalue weighted by molar-refractivity contribution is 5.46. The molecule has 1 heterocycles. The fourth-order valence-corrected chi connectivity index (χ4v) is 1.88. The number of benzene rings is 1. The maximum Gasteiger partial charge on any atom is 0.0991 e. The molecule has 3 heteroatoms. The molecule has 0 saturated heterocycles. The molecule has 0 atom stereocenters. The summed E-state index contributed by atoms with van der Waals surface area (Å²) in [5, 5.41) is 10.1. The number of hydrogen-bond donors (Lipinski definition) is 1. The molecule has 15 heavy (non-hydrogen) atoms. The first kappa shape index (κ1) is 8.68. The minimum Gasteiger partial charge on any atom is -0.385 e. The Morgan fingerprint density at radius 3 is 2.73 bits per heavy atom. The number of hydrogen-bond acceptors (Lipinski definition) is 2. The molecule has 0 amide bonds. The lowest BCUT2D eigenvalue weighted by atomic mass is 10.1. The average molecular weight is 200 g/mol. The van der Waals surface area contributed by atoms with E-state index in [1.807, 2.05) is 35.0 Å². The normalized spacial score (nSPS) is 17.7. The van der Waals surface area contributed by atoms with Crippen molar-refractivity contribution in [2.45, 2.75) is 18.4 Å². The maximum absolute atomic E-state index is 10.1. The molecule has 1 saturated carbocycles. The van der Waals surface area contributed by atoms with Crippen LogP contribution in [-0.2, 0) is 5.60 Å². The van der Waals surface area contributed by atoms with Gasteiger partial charge in [-0.2, -0.15) is 0 Å². The van der Waals surface area contributed by atoms with E-state index in [9.17, 15) is 5.11 Å². The van der Waals surface area contributed by atoms with Gasteiger partial charge in [0.2, 0.25) is 0 Å². The summed E-state index contributed by atoms with van der Waals surface area (Å²) >= 11 is 0. The van der Waals surface area contributed by atoms with Crippen molar-refractivity contribution in [2.24, 2.45) is 0 Å². The first-order chi connectivity index (χ1) is 7.30. The van der Waals surface area contributed by atoms with Gasteiger partial charge in [0, 0.05) is 18.0 Å². The van der Waals surface area contributed by atoms with Gasteiger partial charge in [0.25, 0.3) is 0 Å². The smallest absolute Gasteiger partial charge is 0.0991 e. The van der Waals surface area contributed by atoms with E-state index in [1.165, 1.54) is 0 Å². The zero-order chi connectivity index (χ0) is 10.3. The van der Waals surface area contributed by atoms with E-state index in [2.05, 4.69) is 4.98 Å². The minimum absolute atomic E-state index is 0.596. The standard InChI is InChI=1S/C12H12N2O/c15-12(5-6-12)10-3-1-2-4-11(10)14-8-7-13-9-14/h1-4,7-9,15H,5-6H2. The molecule has 0 radical (unpaired) electrons. The Labute approximate surface area is 88.0 Å². The lowest BCUT2D eigenvalue weighted by Crippen LogP contribution is -2.09. The fourth-order valence-electron chi connectivity index (χ4n) is 1.88. The van der Waals surface area contributed by atoms with Gasteiger partial charge in [-0.05, 0) is 18.9 Å². The highest BCUT2D eigenvalue weighted by Gasteiger charge is 2.43. The van der Waals surface area contributed by atoms with Crippen LogP contribution in [0.2, 0.25) is 0 Å². The quantitative estimate of drug-likeness (QED) is 0.803. The van der Waals surface area contributed by atoms with Crippen LogP contribution in [0.3, 0.4) is 0 Å². The van der Waals surface area contributed by atoms with Crippen LogP contribution in [0.15, 0.2) is 43.0 Å². The first-order valence-electron chi connectivity index (χ1n) is 5.10. The zero-order valence-corrected chi connectivity index (χ0v) is 8.30. The Hall–Kier alpha value is -1.61. The van der Waals surface area contributed by atoms with E-state index in [1.54, 1.807) is 12.5 Å². The van der Waals surface area contributed by atoms with E-state index >= 15 is 0 Å². The molecule has 1 fully saturated rings. The van der Waals surface area contributed by atoms with Crippen molar-refractivity contribution >= 4 is 0 Å². The molecular formula is C12H12N2O. The van der Waals surface area contributed by atoms with Gasteiger partial charge >= 0.3 is 0 Å². The molecule has 0 unspecified atom stereocenters. The van der Waals surface area contributed by atoms with E-state index in [0.29, 0.717) is 0 Å². The van der Waals surface area contributed by atoms with E-state index in [4.69, 9.17) is 0 Å². The van der Waals surface area contributed by atoms with Crippen LogP contribution in [0.25, 0.3) is 5.69 Å². The van der Waals surface area contributed by atoms with Crippen LogP contribution in [0.4, 0.5) is 0 Å². The Morgan fingerprint density at radius 2 is 2.07 bits per heavy atom. The van der Waals surface area contributed by atoms with E-state index in [0.717, 1.165) is 24.1 Å².